The zero-order valence-corrected chi connectivity index (χ0v) is 30.1. The number of carbonyl (C=O) groups is 3. The van der Waals surface area contributed by atoms with Crippen LogP contribution in [0.5, 0.6) is 5.75 Å². The lowest BCUT2D eigenvalue weighted by molar-refractivity contribution is -0.197. The van der Waals surface area contributed by atoms with Crippen molar-refractivity contribution in [3.63, 3.8) is 0 Å². The van der Waals surface area contributed by atoms with Crippen LogP contribution in [-0.4, -0.2) is 95.0 Å². The second kappa shape index (κ2) is 16.8. The third-order valence-corrected chi connectivity index (χ3v) is 11.9. The number of aromatic nitrogens is 2. The average molecular weight is 755 g/mol. The van der Waals surface area contributed by atoms with Crippen molar-refractivity contribution < 1.29 is 37.5 Å². The molecule has 2 aromatic carbocycles. The molecule has 13 nitrogen and oxygen atoms in total. The van der Waals surface area contributed by atoms with Crippen LogP contribution in [-0.2, 0) is 29.7 Å². The molecule has 1 saturated carbocycles. The van der Waals surface area contributed by atoms with Gasteiger partial charge in [-0.05, 0) is 88.1 Å². The Morgan fingerprint density at radius 1 is 0.981 bits per heavy atom. The van der Waals surface area contributed by atoms with Crippen molar-refractivity contribution in [3.8, 4) is 5.75 Å². The highest BCUT2D eigenvalue weighted by atomic mass is 32.2. The monoisotopic (exact) mass is 754 g/mol. The topological polar surface area (TPSA) is 155 Å². The summed E-state index contributed by atoms with van der Waals surface area (Å²) in [6.45, 7) is 4.84. The molecule has 16 heteroatoms. The number of fused-ring (bicyclic) bond motifs is 1. The number of H-pyrrole nitrogens is 1. The quantitative estimate of drug-likeness (QED) is 0.156. The lowest BCUT2D eigenvalue weighted by Crippen LogP contribution is -2.50. The summed E-state index contributed by atoms with van der Waals surface area (Å²) < 4.78 is 41.4. The number of hydrogen-bond acceptors (Lipinski definition) is 12. The molecule has 1 atom stereocenters. The molecule has 1 aromatic heterocycles. The first-order valence-electron chi connectivity index (χ1n) is 18.3. The Labute approximate surface area is 309 Å². The molecule has 0 radical (unpaired) electrons. The SMILES string of the molecule is O=CON1C(=O)CCC(Nc2ccc(NC3CC(CN4CCC(COc5cc(F)c6c(=O)[nH]c(CSC7CCOCC7)nc6c5)CC4)C3)c(F)c2)C1=O. The maximum atomic E-state index is 15.0. The molecule has 4 aliphatic rings. The van der Waals surface area contributed by atoms with E-state index >= 15 is 0 Å². The number of nitrogens with one attached hydrogen (secondary N) is 3. The third kappa shape index (κ3) is 9.10. The van der Waals surface area contributed by atoms with Gasteiger partial charge in [-0.15, -0.1) is 5.06 Å². The van der Waals surface area contributed by atoms with E-state index in [0.717, 1.165) is 71.4 Å². The van der Waals surface area contributed by atoms with Gasteiger partial charge in [-0.25, -0.2) is 13.8 Å². The van der Waals surface area contributed by atoms with Crippen molar-refractivity contribution in [3.05, 3.63) is 58.1 Å². The molecule has 3 saturated heterocycles. The number of hydroxylamine groups is 2. The molecule has 7 rings (SSSR count). The first kappa shape index (κ1) is 37.1. The Morgan fingerprint density at radius 2 is 1.77 bits per heavy atom. The van der Waals surface area contributed by atoms with Crippen LogP contribution in [0.15, 0.2) is 35.1 Å². The Morgan fingerprint density at radius 3 is 2.53 bits per heavy atom. The van der Waals surface area contributed by atoms with Gasteiger partial charge in [0.15, 0.2) is 0 Å². The van der Waals surface area contributed by atoms with Crippen LogP contribution in [0.4, 0.5) is 20.2 Å². The molecule has 2 amide bonds. The van der Waals surface area contributed by atoms with Crippen LogP contribution in [0.25, 0.3) is 10.9 Å². The van der Waals surface area contributed by atoms with Crippen LogP contribution >= 0.6 is 11.8 Å². The lowest BCUT2D eigenvalue weighted by atomic mass is 9.79. The van der Waals surface area contributed by atoms with Crippen molar-refractivity contribution in [1.29, 1.82) is 0 Å². The van der Waals surface area contributed by atoms with Crippen molar-refractivity contribution in [2.45, 2.75) is 74.5 Å². The number of benzene rings is 2. The molecule has 1 aliphatic carbocycles. The standard InChI is InChI=1S/C37H44F2N6O7S/c38-28-15-24(40-31-3-4-34(47)45(37(31)49)52-21-46)1-2-30(28)41-25-13-23(14-25)18-44-9-5-22(6-10-44)19-51-26-16-29(39)35-32(17-26)42-33(43-36(35)48)20-53-27-7-11-50-12-8-27/h1-2,15-17,21-23,25,27,31,40-41H,3-14,18-20H2,(H,42,43,48). The smallest absolute Gasteiger partial charge is 0.321 e. The minimum absolute atomic E-state index is 0.0180. The number of hydrogen-bond donors (Lipinski definition) is 3. The summed E-state index contributed by atoms with van der Waals surface area (Å²) in [5.74, 6) is -0.0885. The van der Waals surface area contributed by atoms with Crippen LogP contribution in [0.3, 0.4) is 0 Å². The molecule has 4 fully saturated rings. The summed E-state index contributed by atoms with van der Waals surface area (Å²) in [4.78, 5) is 61.9. The van der Waals surface area contributed by atoms with E-state index in [4.69, 9.17) is 9.47 Å². The summed E-state index contributed by atoms with van der Waals surface area (Å²) in [6.07, 6.45) is 5.95. The maximum absolute atomic E-state index is 15.0. The average Bonchev–Trinajstić information content (AvgIpc) is 3.13. The molecule has 0 bridgehead atoms. The second-order valence-corrected chi connectivity index (χ2v) is 15.6. The number of anilines is 2. The van der Waals surface area contributed by atoms with Gasteiger partial charge in [0.2, 0.25) is 0 Å². The first-order valence-corrected chi connectivity index (χ1v) is 19.3. The molecule has 53 heavy (non-hydrogen) atoms. The van der Waals surface area contributed by atoms with Gasteiger partial charge >= 0.3 is 6.47 Å². The van der Waals surface area contributed by atoms with Gasteiger partial charge < -0.3 is 34.8 Å². The number of likely N-dealkylation sites (tertiary alicyclic amines) is 1. The molecule has 3 aromatic rings. The molecule has 3 N–H and O–H groups in total. The summed E-state index contributed by atoms with van der Waals surface area (Å²) >= 11 is 1.73. The fraction of sp³-hybridized carbons (Fsp3) is 0.541. The van der Waals surface area contributed by atoms with Gasteiger partial charge in [-0.1, -0.05) is 0 Å². The Bertz CT molecular complexity index is 1860. The van der Waals surface area contributed by atoms with E-state index in [2.05, 4.69) is 30.3 Å². The number of nitrogens with zero attached hydrogens (tertiary/aromatic N) is 3. The van der Waals surface area contributed by atoms with E-state index < -0.39 is 35.0 Å². The van der Waals surface area contributed by atoms with Gasteiger partial charge in [0.05, 0.1) is 23.6 Å². The Balaban J connectivity index is 0.824. The molecule has 284 valence electrons. The number of imide groups is 1. The van der Waals surface area contributed by atoms with Crippen LogP contribution in [0.1, 0.15) is 57.2 Å². The highest BCUT2D eigenvalue weighted by Crippen LogP contribution is 2.34. The fourth-order valence-electron chi connectivity index (χ4n) is 7.54. The van der Waals surface area contributed by atoms with Crippen LogP contribution in [0, 0.1) is 23.5 Å². The number of ether oxygens (including phenoxy) is 2. The van der Waals surface area contributed by atoms with E-state index in [-0.39, 0.29) is 30.7 Å². The zero-order chi connectivity index (χ0) is 36.9. The molecular formula is C37H44F2N6O7S. The molecule has 3 aliphatic heterocycles. The van der Waals surface area contributed by atoms with Crippen molar-refractivity contribution in [1.82, 2.24) is 19.9 Å². The Kier molecular flexibility index (Phi) is 11.8. The van der Waals surface area contributed by atoms with Crippen LogP contribution in [0.2, 0.25) is 0 Å². The van der Waals surface area contributed by atoms with Crippen molar-refractivity contribution in [2.24, 2.45) is 11.8 Å². The lowest BCUT2D eigenvalue weighted by Gasteiger charge is -2.41. The van der Waals surface area contributed by atoms with Gasteiger partial charge in [0, 0.05) is 55.3 Å². The van der Waals surface area contributed by atoms with Gasteiger partial charge in [-0.2, -0.15) is 11.8 Å². The number of amides is 2. The zero-order valence-electron chi connectivity index (χ0n) is 29.3. The number of thioether (sulfide) groups is 1. The van der Waals surface area contributed by atoms with Crippen molar-refractivity contribution >= 4 is 52.3 Å². The summed E-state index contributed by atoms with van der Waals surface area (Å²) in [6, 6.07) is 6.88. The predicted octanol–water partition coefficient (Wildman–Crippen LogP) is 4.61. The summed E-state index contributed by atoms with van der Waals surface area (Å²) in [5, 5.41) is 7.07. The molecule has 4 heterocycles. The number of rotatable bonds is 14. The number of aromatic amines is 1. The Hall–Kier alpha value is -4.28. The van der Waals surface area contributed by atoms with E-state index in [1.807, 2.05) is 0 Å². The van der Waals surface area contributed by atoms with E-state index in [1.165, 1.54) is 12.1 Å². The number of halogens is 2. The minimum atomic E-state index is -0.818. The second-order valence-electron chi connectivity index (χ2n) is 14.3. The number of piperidine rings is 2. The van der Waals surface area contributed by atoms with E-state index in [9.17, 15) is 28.0 Å². The summed E-state index contributed by atoms with van der Waals surface area (Å²) in [5.41, 5.74) is 0.595. The first-order chi connectivity index (χ1) is 25.7. The molecular weight excluding hydrogens is 711 g/mol. The highest BCUT2D eigenvalue weighted by Gasteiger charge is 2.37. The van der Waals surface area contributed by atoms with Gasteiger partial charge in [0.1, 0.15) is 34.6 Å². The molecule has 1 unspecified atom stereocenters. The number of carbonyl (C=O) groups excluding carboxylic acids is 3. The minimum Gasteiger partial charge on any atom is -0.493 e. The molecule has 0 spiro atoms. The van der Waals surface area contributed by atoms with Gasteiger partial charge in [0.25, 0.3) is 17.4 Å². The largest absolute Gasteiger partial charge is 0.493 e. The van der Waals surface area contributed by atoms with E-state index in [0.29, 0.717) is 63.0 Å². The maximum Gasteiger partial charge on any atom is 0.321 e. The third-order valence-electron chi connectivity index (χ3n) is 10.5. The van der Waals surface area contributed by atoms with Crippen molar-refractivity contribution in [2.75, 3.05) is 50.1 Å². The van der Waals surface area contributed by atoms with Crippen LogP contribution < -0.4 is 20.9 Å². The normalized spacial score (nSPS) is 23.1. The fourth-order valence-corrected chi connectivity index (χ4v) is 8.60. The highest BCUT2D eigenvalue weighted by molar-refractivity contribution is 7.99. The van der Waals surface area contributed by atoms with E-state index in [1.54, 1.807) is 30.0 Å². The van der Waals surface area contributed by atoms with Gasteiger partial charge in [-0.3, -0.25) is 19.2 Å². The predicted molar refractivity (Wildman–Crippen MR) is 194 cm³/mol. The summed E-state index contributed by atoms with van der Waals surface area (Å²) in [7, 11) is 0.